The van der Waals surface area contributed by atoms with Crippen LogP contribution in [-0.4, -0.2) is 28.1 Å². The molecule has 1 saturated carbocycles. The highest BCUT2D eigenvalue weighted by Gasteiger charge is 2.36. The second-order valence-corrected chi connectivity index (χ2v) is 5.89. The second-order valence-electron chi connectivity index (χ2n) is 5.46. The van der Waals surface area contributed by atoms with Crippen molar-refractivity contribution in [1.82, 2.24) is 10.3 Å². The number of carbonyl (C=O) groups excluding carboxylic acids is 1. The topological polar surface area (TPSA) is 62.2 Å². The molecule has 0 spiro atoms. The van der Waals surface area contributed by atoms with Crippen LogP contribution in [0.3, 0.4) is 0 Å². The van der Waals surface area contributed by atoms with Crippen molar-refractivity contribution in [3.63, 3.8) is 0 Å². The van der Waals surface area contributed by atoms with Crippen LogP contribution < -0.4 is 5.32 Å². The number of carbonyl (C=O) groups is 1. The Morgan fingerprint density at radius 1 is 1.63 bits per heavy atom. The molecule has 2 atom stereocenters. The maximum atomic E-state index is 12.2. The molecule has 1 aromatic rings. The van der Waals surface area contributed by atoms with Crippen molar-refractivity contribution >= 4 is 17.5 Å². The molecule has 0 saturated heterocycles. The van der Waals surface area contributed by atoms with Crippen LogP contribution in [0.25, 0.3) is 0 Å². The van der Waals surface area contributed by atoms with Crippen LogP contribution in [0.5, 0.6) is 0 Å². The molecule has 4 nitrogen and oxygen atoms in total. The molecule has 1 aliphatic rings. The van der Waals surface area contributed by atoms with Gasteiger partial charge in [0.2, 0.25) is 0 Å². The van der Waals surface area contributed by atoms with Crippen LogP contribution in [0.4, 0.5) is 0 Å². The predicted molar refractivity (Wildman–Crippen MR) is 74.2 cm³/mol. The average molecular weight is 283 g/mol. The van der Waals surface area contributed by atoms with Gasteiger partial charge in [0.05, 0.1) is 17.2 Å². The molecule has 0 aliphatic heterocycles. The maximum absolute atomic E-state index is 12.2. The van der Waals surface area contributed by atoms with Crippen LogP contribution in [0.1, 0.15) is 43.1 Å². The third-order valence-corrected chi connectivity index (χ3v) is 3.96. The first-order valence-electron chi connectivity index (χ1n) is 6.60. The van der Waals surface area contributed by atoms with Crippen molar-refractivity contribution in [2.75, 3.05) is 6.61 Å². The quantitative estimate of drug-likeness (QED) is 0.895. The number of pyridine rings is 1. The van der Waals surface area contributed by atoms with E-state index in [2.05, 4.69) is 17.2 Å². The van der Waals surface area contributed by atoms with Crippen molar-refractivity contribution in [1.29, 1.82) is 0 Å². The van der Waals surface area contributed by atoms with Crippen molar-refractivity contribution in [2.24, 2.45) is 5.92 Å². The minimum Gasteiger partial charge on any atom is -0.394 e. The highest BCUT2D eigenvalue weighted by atomic mass is 35.5. The number of hydrogen-bond donors (Lipinski definition) is 2. The Bertz CT molecular complexity index is 449. The molecule has 2 N–H and O–H groups in total. The molecule has 2 rings (SSSR count). The molecule has 5 heteroatoms. The molecular formula is C14H19ClN2O2. The van der Waals surface area contributed by atoms with E-state index in [9.17, 15) is 9.90 Å². The lowest BCUT2D eigenvalue weighted by Gasteiger charge is -2.39. The van der Waals surface area contributed by atoms with Crippen molar-refractivity contribution in [2.45, 2.75) is 38.1 Å². The van der Waals surface area contributed by atoms with E-state index in [0.717, 1.165) is 25.7 Å². The lowest BCUT2D eigenvalue weighted by atomic mass is 9.77. The summed E-state index contributed by atoms with van der Waals surface area (Å²) in [6, 6.07) is 3.23. The van der Waals surface area contributed by atoms with E-state index >= 15 is 0 Å². The molecule has 1 fully saturated rings. The summed E-state index contributed by atoms with van der Waals surface area (Å²) in [5.74, 6) is 0.263. The first-order chi connectivity index (χ1) is 9.04. The van der Waals surface area contributed by atoms with E-state index in [1.54, 1.807) is 12.1 Å². The van der Waals surface area contributed by atoms with Crippen LogP contribution >= 0.6 is 11.6 Å². The summed E-state index contributed by atoms with van der Waals surface area (Å²) < 4.78 is 0. The zero-order chi connectivity index (χ0) is 13.9. The molecule has 0 aromatic carbocycles. The SMILES string of the molecule is CC1CCCC(CO)(NC(=O)c2ccc(Cl)cn2)C1. The van der Waals surface area contributed by atoms with Gasteiger partial charge in [-0.2, -0.15) is 0 Å². The molecule has 0 radical (unpaired) electrons. The number of rotatable bonds is 3. The molecule has 0 bridgehead atoms. The second kappa shape index (κ2) is 5.88. The lowest BCUT2D eigenvalue weighted by molar-refractivity contribution is 0.0693. The number of nitrogens with zero attached hydrogens (tertiary/aromatic N) is 1. The van der Waals surface area contributed by atoms with E-state index in [-0.39, 0.29) is 12.5 Å². The summed E-state index contributed by atoms with van der Waals surface area (Å²) >= 11 is 5.75. The fourth-order valence-electron chi connectivity index (χ4n) is 2.77. The maximum Gasteiger partial charge on any atom is 0.270 e. The third kappa shape index (κ3) is 3.45. The number of hydrogen-bond acceptors (Lipinski definition) is 3. The molecular weight excluding hydrogens is 264 g/mol. The Hall–Kier alpha value is -1.13. The zero-order valence-corrected chi connectivity index (χ0v) is 11.8. The molecule has 19 heavy (non-hydrogen) atoms. The summed E-state index contributed by atoms with van der Waals surface area (Å²) in [7, 11) is 0. The lowest BCUT2D eigenvalue weighted by Crippen LogP contribution is -2.54. The van der Waals surface area contributed by atoms with Gasteiger partial charge in [-0.25, -0.2) is 4.98 Å². The van der Waals surface area contributed by atoms with Crippen molar-refractivity contribution in [3.8, 4) is 0 Å². The van der Waals surface area contributed by atoms with Crippen molar-refractivity contribution in [3.05, 3.63) is 29.0 Å². The van der Waals surface area contributed by atoms with E-state index in [4.69, 9.17) is 11.6 Å². The molecule has 1 heterocycles. The normalized spacial score (nSPS) is 27.0. The Labute approximate surface area is 118 Å². The molecule has 2 unspecified atom stereocenters. The predicted octanol–water partition coefficient (Wildman–Crippen LogP) is 2.41. The molecule has 1 amide bonds. The largest absolute Gasteiger partial charge is 0.394 e. The Balaban J connectivity index is 2.09. The Morgan fingerprint density at radius 3 is 3.00 bits per heavy atom. The minimum absolute atomic E-state index is 0.0311. The van der Waals surface area contributed by atoms with Gasteiger partial charge in [-0.15, -0.1) is 0 Å². The van der Waals surface area contributed by atoms with Gasteiger partial charge in [-0.3, -0.25) is 4.79 Å². The van der Waals surface area contributed by atoms with Gasteiger partial charge in [0, 0.05) is 6.20 Å². The zero-order valence-electron chi connectivity index (χ0n) is 11.0. The van der Waals surface area contributed by atoms with Gasteiger partial charge in [0.25, 0.3) is 5.91 Å². The number of aromatic nitrogens is 1. The van der Waals surface area contributed by atoms with Gasteiger partial charge in [0.1, 0.15) is 5.69 Å². The molecule has 104 valence electrons. The summed E-state index contributed by atoms with van der Waals surface area (Å²) in [4.78, 5) is 16.2. The molecule has 1 aromatic heterocycles. The number of amides is 1. The molecule has 1 aliphatic carbocycles. The average Bonchev–Trinajstić information content (AvgIpc) is 2.39. The smallest absolute Gasteiger partial charge is 0.270 e. The van der Waals surface area contributed by atoms with Gasteiger partial charge in [0.15, 0.2) is 0 Å². The van der Waals surface area contributed by atoms with Crippen molar-refractivity contribution < 1.29 is 9.90 Å². The Kier molecular flexibility index (Phi) is 4.42. The highest BCUT2D eigenvalue weighted by Crippen LogP contribution is 2.32. The van der Waals surface area contributed by atoms with E-state index < -0.39 is 5.54 Å². The minimum atomic E-state index is -0.504. The van der Waals surface area contributed by atoms with Gasteiger partial charge >= 0.3 is 0 Å². The number of aliphatic hydroxyl groups is 1. The summed E-state index contributed by atoms with van der Waals surface area (Å²) in [5.41, 5.74) is -0.175. The standard InChI is InChI=1S/C14H19ClN2O2/c1-10-3-2-6-14(7-10,9-18)17-13(19)12-5-4-11(15)8-16-12/h4-5,8,10,18H,2-3,6-7,9H2,1H3,(H,17,19). The van der Waals surface area contributed by atoms with Crippen LogP contribution in [-0.2, 0) is 0 Å². The third-order valence-electron chi connectivity index (χ3n) is 3.73. The Morgan fingerprint density at radius 2 is 2.42 bits per heavy atom. The number of nitrogens with one attached hydrogen (secondary N) is 1. The van der Waals surface area contributed by atoms with Gasteiger partial charge in [-0.05, 0) is 30.9 Å². The van der Waals surface area contributed by atoms with Crippen LogP contribution in [0.15, 0.2) is 18.3 Å². The number of aliphatic hydroxyl groups excluding tert-OH is 1. The van der Waals surface area contributed by atoms with Gasteiger partial charge in [-0.1, -0.05) is 31.4 Å². The van der Waals surface area contributed by atoms with Crippen LogP contribution in [0, 0.1) is 5.92 Å². The van der Waals surface area contributed by atoms with Crippen LogP contribution in [0.2, 0.25) is 5.02 Å². The highest BCUT2D eigenvalue weighted by molar-refractivity contribution is 6.30. The first-order valence-corrected chi connectivity index (χ1v) is 6.97. The fourth-order valence-corrected chi connectivity index (χ4v) is 2.88. The van der Waals surface area contributed by atoms with E-state index in [0.29, 0.717) is 16.6 Å². The van der Waals surface area contributed by atoms with Gasteiger partial charge < -0.3 is 10.4 Å². The summed E-state index contributed by atoms with van der Waals surface area (Å²) in [5, 5.41) is 13.1. The monoisotopic (exact) mass is 282 g/mol. The summed E-state index contributed by atoms with van der Waals surface area (Å²) in [6.45, 7) is 2.12. The van der Waals surface area contributed by atoms with E-state index in [1.165, 1.54) is 6.20 Å². The fraction of sp³-hybridized carbons (Fsp3) is 0.571. The van der Waals surface area contributed by atoms with E-state index in [1.807, 2.05) is 0 Å². The number of halogens is 1. The first kappa shape index (κ1) is 14.3. The summed E-state index contributed by atoms with van der Waals surface area (Å²) in [6.07, 6.45) is 5.24.